The van der Waals surface area contributed by atoms with E-state index in [1.807, 2.05) is 48.0 Å². The highest BCUT2D eigenvalue weighted by molar-refractivity contribution is 5.52. The van der Waals surface area contributed by atoms with E-state index in [1.54, 1.807) is 6.26 Å². The monoisotopic (exact) mass is 352 g/mol. The zero-order chi connectivity index (χ0) is 17.9. The summed E-state index contributed by atoms with van der Waals surface area (Å²) in [5.41, 5.74) is 3.85. The predicted octanol–water partition coefficient (Wildman–Crippen LogP) is 3.39. The van der Waals surface area contributed by atoms with Crippen LogP contribution in [-0.2, 0) is 19.6 Å². The Morgan fingerprint density at radius 2 is 2.08 bits per heavy atom. The van der Waals surface area contributed by atoms with E-state index >= 15 is 0 Å². The van der Waals surface area contributed by atoms with Gasteiger partial charge in [0.05, 0.1) is 23.2 Å². The molecule has 3 heterocycles. The highest BCUT2D eigenvalue weighted by Crippen LogP contribution is 2.22. The second-order valence-corrected chi connectivity index (χ2v) is 6.78. The van der Waals surface area contributed by atoms with Crippen molar-refractivity contribution >= 4 is 0 Å². The first kappa shape index (κ1) is 17.0. The molecule has 0 aliphatic carbocycles. The largest absolute Gasteiger partial charge is 0.444 e. The van der Waals surface area contributed by atoms with Gasteiger partial charge in [-0.3, -0.25) is 9.58 Å². The van der Waals surface area contributed by atoms with E-state index in [-0.39, 0.29) is 0 Å². The van der Waals surface area contributed by atoms with Gasteiger partial charge in [-0.25, -0.2) is 4.98 Å². The summed E-state index contributed by atoms with van der Waals surface area (Å²) in [5, 5.41) is 14.6. The molecule has 0 bridgehead atoms. The number of aryl methyl sites for hydroxylation is 1. The summed E-state index contributed by atoms with van der Waals surface area (Å²) >= 11 is 0. The number of aliphatic hydroxyl groups excluding tert-OH is 1. The summed E-state index contributed by atoms with van der Waals surface area (Å²) in [6.45, 7) is 5.39. The Kier molecular flexibility index (Phi) is 4.86. The van der Waals surface area contributed by atoms with Crippen molar-refractivity contribution in [3.63, 3.8) is 0 Å². The van der Waals surface area contributed by atoms with Crippen molar-refractivity contribution in [3.05, 3.63) is 59.7 Å². The summed E-state index contributed by atoms with van der Waals surface area (Å²) in [6.07, 6.45) is 2.98. The first-order valence-electron chi connectivity index (χ1n) is 9.20. The van der Waals surface area contributed by atoms with Gasteiger partial charge >= 0.3 is 0 Å². The molecule has 0 unspecified atom stereocenters. The number of rotatable bonds is 5. The highest BCUT2D eigenvalue weighted by Gasteiger charge is 2.20. The molecule has 0 amide bonds. The van der Waals surface area contributed by atoms with E-state index in [1.165, 1.54) is 0 Å². The molecule has 1 aromatic carbocycles. The number of benzene rings is 1. The van der Waals surface area contributed by atoms with Crippen LogP contribution >= 0.6 is 0 Å². The highest BCUT2D eigenvalue weighted by atomic mass is 16.3. The van der Waals surface area contributed by atoms with Crippen molar-refractivity contribution < 1.29 is 9.52 Å². The zero-order valence-electron chi connectivity index (χ0n) is 15.0. The van der Waals surface area contributed by atoms with Crippen molar-refractivity contribution in [2.75, 3.05) is 6.54 Å². The summed E-state index contributed by atoms with van der Waals surface area (Å²) in [6, 6.07) is 12.0. The molecule has 2 aromatic heterocycles. The smallest absolute Gasteiger partial charge is 0.226 e. The molecular weight excluding hydrogens is 328 g/mol. The van der Waals surface area contributed by atoms with Gasteiger partial charge in [-0.2, -0.15) is 5.10 Å². The number of aliphatic hydroxyl groups is 1. The number of hydrogen-bond acceptors (Lipinski definition) is 5. The van der Waals surface area contributed by atoms with E-state index in [0.717, 1.165) is 55.2 Å². The average molecular weight is 352 g/mol. The second kappa shape index (κ2) is 7.43. The molecule has 6 heteroatoms. The van der Waals surface area contributed by atoms with Crippen LogP contribution in [0, 0.1) is 0 Å². The molecule has 1 aliphatic rings. The van der Waals surface area contributed by atoms with E-state index in [9.17, 15) is 5.11 Å². The number of aromatic nitrogens is 3. The van der Waals surface area contributed by atoms with Crippen LogP contribution in [0.5, 0.6) is 0 Å². The van der Waals surface area contributed by atoms with E-state index in [4.69, 9.17) is 4.42 Å². The van der Waals surface area contributed by atoms with E-state index in [2.05, 4.69) is 15.0 Å². The standard InChI is InChI=1S/C20H24N4O2/c1-2-19(25)18-11-17-13-23(9-6-10-24(17)22-18)12-16-14-26-20(21-16)15-7-4-3-5-8-15/h3-5,7-8,11,14,19,25H,2,6,9-10,12-13H2,1H3/t19-/m1/s1. The van der Waals surface area contributed by atoms with Crippen LogP contribution in [0.4, 0.5) is 0 Å². The van der Waals surface area contributed by atoms with Gasteiger partial charge in [0.25, 0.3) is 0 Å². The molecule has 0 radical (unpaired) electrons. The maximum atomic E-state index is 10.0. The third-order valence-corrected chi connectivity index (χ3v) is 4.80. The first-order valence-corrected chi connectivity index (χ1v) is 9.20. The summed E-state index contributed by atoms with van der Waals surface area (Å²) in [4.78, 5) is 6.99. The van der Waals surface area contributed by atoms with Crippen molar-refractivity contribution in [3.8, 4) is 11.5 Å². The lowest BCUT2D eigenvalue weighted by Gasteiger charge is -2.17. The Balaban J connectivity index is 1.47. The molecular formula is C20H24N4O2. The molecule has 0 saturated carbocycles. The van der Waals surface area contributed by atoms with Gasteiger partial charge in [0, 0.05) is 31.7 Å². The molecule has 1 aliphatic heterocycles. The lowest BCUT2D eigenvalue weighted by molar-refractivity contribution is 0.167. The lowest BCUT2D eigenvalue weighted by atomic mass is 10.2. The number of nitrogens with zero attached hydrogens (tertiary/aromatic N) is 4. The van der Waals surface area contributed by atoms with Gasteiger partial charge < -0.3 is 9.52 Å². The SMILES string of the molecule is CC[C@@H](O)c1cc2n(n1)CCCN(Cc1coc(-c3ccccc3)n1)C2. The molecule has 4 rings (SSSR count). The molecule has 1 N–H and O–H groups in total. The maximum absolute atomic E-state index is 10.0. The minimum Gasteiger partial charge on any atom is -0.444 e. The maximum Gasteiger partial charge on any atom is 0.226 e. The average Bonchev–Trinajstić information content (AvgIpc) is 3.25. The molecule has 136 valence electrons. The lowest BCUT2D eigenvalue weighted by Crippen LogP contribution is -2.22. The first-order chi connectivity index (χ1) is 12.7. The van der Waals surface area contributed by atoms with Crippen molar-refractivity contribution in [2.45, 2.75) is 45.5 Å². The topological polar surface area (TPSA) is 67.3 Å². The normalized spacial score (nSPS) is 16.2. The van der Waals surface area contributed by atoms with Crippen molar-refractivity contribution in [1.82, 2.24) is 19.7 Å². The number of hydrogen-bond donors (Lipinski definition) is 1. The minimum absolute atomic E-state index is 0.480. The molecule has 6 nitrogen and oxygen atoms in total. The fourth-order valence-electron chi connectivity index (χ4n) is 3.38. The van der Waals surface area contributed by atoms with Gasteiger partial charge in [0.1, 0.15) is 6.26 Å². The number of oxazole rings is 1. The van der Waals surface area contributed by atoms with Gasteiger partial charge in [-0.1, -0.05) is 25.1 Å². The van der Waals surface area contributed by atoms with Crippen molar-refractivity contribution in [2.24, 2.45) is 0 Å². The molecule has 1 atom stereocenters. The Hall–Kier alpha value is -2.44. The third-order valence-electron chi connectivity index (χ3n) is 4.80. The summed E-state index contributed by atoms with van der Waals surface area (Å²) in [5.74, 6) is 0.661. The van der Waals surface area contributed by atoms with Crippen LogP contribution in [0.1, 0.15) is 43.0 Å². The van der Waals surface area contributed by atoms with Gasteiger partial charge in [0.15, 0.2) is 0 Å². The van der Waals surface area contributed by atoms with E-state index < -0.39 is 6.10 Å². The van der Waals surface area contributed by atoms with Gasteiger partial charge in [-0.15, -0.1) is 0 Å². The van der Waals surface area contributed by atoms with Gasteiger partial charge in [-0.05, 0) is 31.0 Å². The van der Waals surface area contributed by atoms with Crippen LogP contribution in [0.15, 0.2) is 47.1 Å². The summed E-state index contributed by atoms with van der Waals surface area (Å²) < 4.78 is 7.69. The Labute approximate surface area is 153 Å². The van der Waals surface area contributed by atoms with Crippen LogP contribution < -0.4 is 0 Å². The van der Waals surface area contributed by atoms with Gasteiger partial charge in [0.2, 0.25) is 5.89 Å². The second-order valence-electron chi connectivity index (χ2n) is 6.78. The molecule has 0 saturated heterocycles. The van der Waals surface area contributed by atoms with Crippen LogP contribution in [-0.4, -0.2) is 31.3 Å². The minimum atomic E-state index is -0.480. The van der Waals surface area contributed by atoms with Crippen LogP contribution in [0.2, 0.25) is 0 Å². The van der Waals surface area contributed by atoms with Crippen LogP contribution in [0.25, 0.3) is 11.5 Å². The Morgan fingerprint density at radius 3 is 2.88 bits per heavy atom. The van der Waals surface area contributed by atoms with E-state index in [0.29, 0.717) is 12.3 Å². The molecule has 3 aromatic rings. The predicted molar refractivity (Wildman–Crippen MR) is 98.1 cm³/mol. The third kappa shape index (κ3) is 3.57. The zero-order valence-corrected chi connectivity index (χ0v) is 15.0. The number of fused-ring (bicyclic) bond motifs is 1. The molecule has 0 fully saturated rings. The quantitative estimate of drug-likeness (QED) is 0.762. The van der Waals surface area contributed by atoms with Crippen molar-refractivity contribution in [1.29, 1.82) is 0 Å². The summed E-state index contributed by atoms with van der Waals surface area (Å²) in [7, 11) is 0. The Bertz CT molecular complexity index is 856. The molecule has 0 spiro atoms. The van der Waals surface area contributed by atoms with Crippen LogP contribution in [0.3, 0.4) is 0 Å². The fraction of sp³-hybridized carbons (Fsp3) is 0.400. The Morgan fingerprint density at radius 1 is 1.23 bits per heavy atom. The molecule has 26 heavy (non-hydrogen) atoms. The fourth-order valence-corrected chi connectivity index (χ4v) is 3.38.